The molecule has 0 aliphatic carbocycles. The summed E-state index contributed by atoms with van der Waals surface area (Å²) >= 11 is 12.7. The monoisotopic (exact) mass is 480 g/mol. The van der Waals surface area contributed by atoms with Gasteiger partial charge in [-0.2, -0.15) is 0 Å². The van der Waals surface area contributed by atoms with Crippen molar-refractivity contribution in [1.82, 2.24) is 10.2 Å². The molecule has 0 fully saturated rings. The van der Waals surface area contributed by atoms with Crippen LogP contribution >= 0.6 is 23.2 Å². The van der Waals surface area contributed by atoms with Crippen molar-refractivity contribution in [1.29, 1.82) is 0 Å². The van der Waals surface area contributed by atoms with Gasteiger partial charge in [0.15, 0.2) is 6.61 Å². The second kappa shape index (κ2) is 12.6. The van der Waals surface area contributed by atoms with Gasteiger partial charge in [0.25, 0.3) is 5.91 Å². The molecule has 0 saturated carbocycles. The van der Waals surface area contributed by atoms with Gasteiger partial charge in [-0.3, -0.25) is 9.59 Å². The molecule has 8 heteroatoms. The third-order valence-electron chi connectivity index (χ3n) is 5.20. The quantitative estimate of drug-likeness (QED) is 0.485. The number of nitrogens with zero attached hydrogens (tertiary/aromatic N) is 1. The molecule has 0 spiro atoms. The van der Waals surface area contributed by atoms with E-state index in [9.17, 15) is 9.59 Å². The van der Waals surface area contributed by atoms with Crippen molar-refractivity contribution in [2.75, 3.05) is 13.7 Å². The first kappa shape index (κ1) is 25.8. The predicted octanol–water partition coefficient (Wildman–Crippen LogP) is 5.10. The Hall–Kier alpha value is -2.44. The summed E-state index contributed by atoms with van der Waals surface area (Å²) in [6.07, 6.45) is 1.21. The zero-order valence-corrected chi connectivity index (χ0v) is 20.4. The van der Waals surface area contributed by atoms with E-state index in [1.165, 1.54) is 4.90 Å². The van der Waals surface area contributed by atoms with E-state index in [4.69, 9.17) is 32.7 Å². The summed E-state index contributed by atoms with van der Waals surface area (Å²) in [5.74, 6) is 0.643. The number of hydrogen-bond donors (Lipinski definition) is 1. The number of rotatable bonds is 11. The minimum atomic E-state index is -0.691. The number of nitrogens with one attached hydrogen (secondary N) is 1. The second-order valence-electron chi connectivity index (χ2n) is 7.43. The Kier molecular flexibility index (Phi) is 10.1. The Morgan fingerprint density at radius 3 is 2.12 bits per heavy atom. The summed E-state index contributed by atoms with van der Waals surface area (Å²) < 4.78 is 10.8. The number of carbonyl (C=O) groups is 2. The summed E-state index contributed by atoms with van der Waals surface area (Å²) in [7, 11) is 1.58. The van der Waals surface area contributed by atoms with Gasteiger partial charge in [-0.15, -0.1) is 0 Å². The SMILES string of the molecule is CC[C@H](C)NC(=O)[C@H](CC)N(Cc1c(Cl)cccc1Cl)C(=O)COc1ccc(OC)cc1. The van der Waals surface area contributed by atoms with Crippen molar-refractivity contribution in [3.63, 3.8) is 0 Å². The fourth-order valence-corrected chi connectivity index (χ4v) is 3.63. The van der Waals surface area contributed by atoms with E-state index in [-0.39, 0.29) is 31.0 Å². The Morgan fingerprint density at radius 2 is 1.59 bits per heavy atom. The summed E-state index contributed by atoms with van der Waals surface area (Å²) in [4.78, 5) is 27.7. The summed E-state index contributed by atoms with van der Waals surface area (Å²) in [6.45, 7) is 5.63. The molecule has 0 bridgehead atoms. The Morgan fingerprint density at radius 1 is 1.00 bits per heavy atom. The van der Waals surface area contributed by atoms with Crippen LogP contribution in [0, 0.1) is 0 Å². The lowest BCUT2D eigenvalue weighted by molar-refractivity contribution is -0.143. The van der Waals surface area contributed by atoms with Gasteiger partial charge >= 0.3 is 0 Å². The predicted molar refractivity (Wildman–Crippen MR) is 127 cm³/mol. The van der Waals surface area contributed by atoms with Crippen molar-refractivity contribution in [2.24, 2.45) is 0 Å². The highest BCUT2D eigenvalue weighted by Crippen LogP contribution is 2.27. The zero-order chi connectivity index (χ0) is 23.7. The van der Waals surface area contributed by atoms with E-state index in [0.717, 1.165) is 6.42 Å². The van der Waals surface area contributed by atoms with E-state index in [1.807, 2.05) is 20.8 Å². The molecule has 0 aromatic heterocycles. The summed E-state index contributed by atoms with van der Waals surface area (Å²) in [6, 6.07) is 11.4. The van der Waals surface area contributed by atoms with Crippen LogP contribution in [0.1, 0.15) is 39.2 Å². The molecule has 2 atom stereocenters. The van der Waals surface area contributed by atoms with Crippen LogP contribution in [0.15, 0.2) is 42.5 Å². The summed E-state index contributed by atoms with van der Waals surface area (Å²) in [5.41, 5.74) is 0.587. The maximum absolute atomic E-state index is 13.2. The van der Waals surface area contributed by atoms with Gasteiger partial charge in [0.1, 0.15) is 17.5 Å². The highest BCUT2D eigenvalue weighted by Gasteiger charge is 2.30. The molecule has 2 rings (SSSR count). The van der Waals surface area contributed by atoms with Gasteiger partial charge in [0.05, 0.1) is 7.11 Å². The van der Waals surface area contributed by atoms with Crippen molar-refractivity contribution >= 4 is 35.0 Å². The van der Waals surface area contributed by atoms with Gasteiger partial charge in [-0.1, -0.05) is 43.1 Å². The minimum Gasteiger partial charge on any atom is -0.497 e. The number of ether oxygens (including phenoxy) is 2. The third-order valence-corrected chi connectivity index (χ3v) is 5.91. The molecule has 6 nitrogen and oxygen atoms in total. The largest absolute Gasteiger partial charge is 0.497 e. The van der Waals surface area contributed by atoms with E-state index in [2.05, 4.69) is 5.32 Å². The number of benzene rings is 2. The Labute approximate surface area is 199 Å². The van der Waals surface area contributed by atoms with Crippen molar-refractivity contribution in [3.05, 3.63) is 58.1 Å². The van der Waals surface area contributed by atoms with Crippen LogP contribution in [0.3, 0.4) is 0 Å². The molecule has 0 aliphatic heterocycles. The van der Waals surface area contributed by atoms with Gasteiger partial charge in [-0.05, 0) is 56.2 Å². The molecule has 0 aliphatic rings. The van der Waals surface area contributed by atoms with E-state index in [1.54, 1.807) is 49.6 Å². The lowest BCUT2D eigenvalue weighted by Gasteiger charge is -2.31. The van der Waals surface area contributed by atoms with Gasteiger partial charge in [-0.25, -0.2) is 0 Å². The maximum atomic E-state index is 13.2. The van der Waals surface area contributed by atoms with Crippen LogP contribution in [-0.4, -0.2) is 42.5 Å². The fourth-order valence-electron chi connectivity index (χ4n) is 3.11. The van der Waals surface area contributed by atoms with Gasteiger partial charge < -0.3 is 19.7 Å². The highest BCUT2D eigenvalue weighted by atomic mass is 35.5. The lowest BCUT2D eigenvalue weighted by Crippen LogP contribution is -2.51. The van der Waals surface area contributed by atoms with Crippen LogP contribution in [0.4, 0.5) is 0 Å². The maximum Gasteiger partial charge on any atom is 0.261 e. The third kappa shape index (κ3) is 7.04. The Balaban J connectivity index is 2.26. The first-order valence-electron chi connectivity index (χ1n) is 10.6. The molecule has 2 aromatic carbocycles. The fraction of sp³-hybridized carbons (Fsp3) is 0.417. The number of hydrogen-bond acceptors (Lipinski definition) is 4. The molecule has 2 aromatic rings. The minimum absolute atomic E-state index is 0.00653. The van der Waals surface area contributed by atoms with Crippen LogP contribution in [0.25, 0.3) is 0 Å². The molecule has 32 heavy (non-hydrogen) atoms. The zero-order valence-electron chi connectivity index (χ0n) is 18.9. The average Bonchev–Trinajstić information content (AvgIpc) is 2.79. The van der Waals surface area contributed by atoms with E-state index < -0.39 is 6.04 Å². The molecule has 2 amide bonds. The molecule has 0 heterocycles. The summed E-state index contributed by atoms with van der Waals surface area (Å²) in [5, 5.41) is 3.83. The highest BCUT2D eigenvalue weighted by molar-refractivity contribution is 6.36. The van der Waals surface area contributed by atoms with Crippen LogP contribution in [0.5, 0.6) is 11.5 Å². The van der Waals surface area contributed by atoms with Crippen molar-refractivity contribution in [3.8, 4) is 11.5 Å². The molecular formula is C24H30Cl2N2O4. The first-order chi connectivity index (χ1) is 15.3. The van der Waals surface area contributed by atoms with Crippen molar-refractivity contribution < 1.29 is 19.1 Å². The van der Waals surface area contributed by atoms with Crippen LogP contribution in [0.2, 0.25) is 10.0 Å². The number of methoxy groups -OCH3 is 1. The average molecular weight is 481 g/mol. The topological polar surface area (TPSA) is 67.9 Å². The molecule has 0 saturated heterocycles. The van der Waals surface area contributed by atoms with Crippen LogP contribution < -0.4 is 14.8 Å². The second-order valence-corrected chi connectivity index (χ2v) is 8.24. The normalized spacial score (nSPS) is 12.6. The number of carbonyl (C=O) groups excluding carboxylic acids is 2. The Bertz CT molecular complexity index is 885. The number of amides is 2. The van der Waals surface area contributed by atoms with E-state index >= 15 is 0 Å². The van der Waals surface area contributed by atoms with Crippen LogP contribution in [-0.2, 0) is 16.1 Å². The molecular weight excluding hydrogens is 451 g/mol. The van der Waals surface area contributed by atoms with Gasteiger partial charge in [0, 0.05) is 28.2 Å². The molecule has 1 N–H and O–H groups in total. The molecule has 0 unspecified atom stereocenters. The smallest absolute Gasteiger partial charge is 0.261 e. The van der Waals surface area contributed by atoms with Crippen molar-refractivity contribution in [2.45, 2.75) is 52.2 Å². The number of halogens is 2. The molecule has 0 radical (unpaired) electrons. The van der Waals surface area contributed by atoms with Gasteiger partial charge in [0.2, 0.25) is 5.91 Å². The molecule has 174 valence electrons. The first-order valence-corrected chi connectivity index (χ1v) is 11.4. The lowest BCUT2D eigenvalue weighted by atomic mass is 10.1. The standard InChI is InChI=1S/C24H30Cl2N2O4/c1-5-16(3)27-24(30)22(6-2)28(14-19-20(25)8-7-9-21(19)26)23(29)15-32-18-12-10-17(31-4)11-13-18/h7-13,16,22H,5-6,14-15H2,1-4H3,(H,27,30)/t16-,22-/m0/s1. The van der Waals surface area contributed by atoms with E-state index in [0.29, 0.717) is 33.5 Å².